The van der Waals surface area contributed by atoms with Gasteiger partial charge in [-0.3, -0.25) is 0 Å². The summed E-state index contributed by atoms with van der Waals surface area (Å²) in [7, 11) is 0. The molecule has 1 saturated carbocycles. The first-order valence-electron chi connectivity index (χ1n) is 6.52. The molecule has 2 rings (SSSR count). The molecule has 0 spiro atoms. The lowest BCUT2D eigenvalue weighted by atomic mass is 10.1. The lowest BCUT2D eigenvalue weighted by Crippen LogP contribution is -2.15. The van der Waals surface area contributed by atoms with Crippen molar-refractivity contribution in [2.24, 2.45) is 5.92 Å². The van der Waals surface area contributed by atoms with E-state index < -0.39 is 0 Å². The van der Waals surface area contributed by atoms with Gasteiger partial charge >= 0.3 is 0 Å². The lowest BCUT2D eigenvalue weighted by molar-refractivity contribution is 0.445. The predicted octanol–water partition coefficient (Wildman–Crippen LogP) is 2.57. The Bertz CT molecular complexity index is 315. The van der Waals surface area contributed by atoms with Crippen molar-refractivity contribution in [3.05, 3.63) is 18.2 Å². The largest absolute Gasteiger partial charge is 0.337 e. The van der Waals surface area contributed by atoms with Crippen molar-refractivity contribution in [1.82, 2.24) is 14.9 Å². The van der Waals surface area contributed by atoms with Crippen LogP contribution >= 0.6 is 0 Å². The number of hydrogen-bond donors (Lipinski definition) is 1. The van der Waals surface area contributed by atoms with Gasteiger partial charge in [-0.15, -0.1) is 0 Å². The van der Waals surface area contributed by atoms with E-state index in [-0.39, 0.29) is 0 Å². The standard InChI is InChI=1S/C13H23N3/c1-3-4-11(2)8-16-9-13(15-10-16)7-14-12-5-6-12/h9-12,14H,3-8H2,1-2H3. The highest BCUT2D eigenvalue weighted by Gasteiger charge is 2.20. The second-order valence-electron chi connectivity index (χ2n) is 5.11. The van der Waals surface area contributed by atoms with Crippen LogP contribution in [0.25, 0.3) is 0 Å². The van der Waals surface area contributed by atoms with Crippen molar-refractivity contribution in [3.8, 4) is 0 Å². The fourth-order valence-corrected chi connectivity index (χ4v) is 2.08. The van der Waals surface area contributed by atoms with Gasteiger partial charge in [0.15, 0.2) is 0 Å². The van der Waals surface area contributed by atoms with Gasteiger partial charge in [0, 0.05) is 25.3 Å². The first kappa shape index (κ1) is 11.6. The van der Waals surface area contributed by atoms with Crippen molar-refractivity contribution in [1.29, 1.82) is 0 Å². The molecule has 0 bridgehead atoms. The zero-order chi connectivity index (χ0) is 11.4. The Hall–Kier alpha value is -0.830. The molecule has 0 aliphatic heterocycles. The molecule has 1 atom stereocenters. The molecular formula is C13H23N3. The van der Waals surface area contributed by atoms with Gasteiger partial charge in [-0.1, -0.05) is 20.3 Å². The van der Waals surface area contributed by atoms with Crippen LogP contribution in [-0.4, -0.2) is 15.6 Å². The molecule has 1 aliphatic carbocycles. The van der Waals surface area contributed by atoms with Crippen molar-refractivity contribution in [2.75, 3.05) is 0 Å². The molecule has 1 N–H and O–H groups in total. The minimum Gasteiger partial charge on any atom is -0.337 e. The smallest absolute Gasteiger partial charge is 0.0950 e. The van der Waals surface area contributed by atoms with Crippen molar-refractivity contribution in [2.45, 2.75) is 58.7 Å². The predicted molar refractivity (Wildman–Crippen MR) is 66.2 cm³/mol. The minimum absolute atomic E-state index is 0.753. The topological polar surface area (TPSA) is 29.9 Å². The number of imidazole rings is 1. The third-order valence-corrected chi connectivity index (χ3v) is 3.14. The number of rotatable bonds is 7. The molecule has 90 valence electrons. The summed E-state index contributed by atoms with van der Waals surface area (Å²) in [6, 6.07) is 0.768. The zero-order valence-corrected chi connectivity index (χ0v) is 10.4. The maximum atomic E-state index is 4.43. The Kier molecular flexibility index (Phi) is 3.99. The molecule has 3 heteroatoms. The van der Waals surface area contributed by atoms with Gasteiger partial charge in [-0.05, 0) is 25.2 Å². The molecule has 1 heterocycles. The lowest BCUT2D eigenvalue weighted by Gasteiger charge is -2.09. The van der Waals surface area contributed by atoms with E-state index in [4.69, 9.17) is 0 Å². The van der Waals surface area contributed by atoms with Crippen LogP contribution in [0.2, 0.25) is 0 Å². The Labute approximate surface area is 98.3 Å². The van der Waals surface area contributed by atoms with Gasteiger partial charge in [0.2, 0.25) is 0 Å². The number of aromatic nitrogens is 2. The van der Waals surface area contributed by atoms with Crippen LogP contribution in [0.5, 0.6) is 0 Å². The van der Waals surface area contributed by atoms with E-state index in [0.29, 0.717) is 0 Å². The molecule has 0 amide bonds. The van der Waals surface area contributed by atoms with E-state index in [1.54, 1.807) is 0 Å². The van der Waals surface area contributed by atoms with E-state index in [0.717, 1.165) is 25.0 Å². The highest BCUT2D eigenvalue weighted by atomic mass is 15.1. The molecule has 1 aromatic rings. The second-order valence-corrected chi connectivity index (χ2v) is 5.11. The van der Waals surface area contributed by atoms with Crippen LogP contribution in [-0.2, 0) is 13.1 Å². The van der Waals surface area contributed by atoms with E-state index in [1.807, 2.05) is 6.33 Å². The highest BCUT2D eigenvalue weighted by Crippen LogP contribution is 2.19. The summed E-state index contributed by atoms with van der Waals surface area (Å²) >= 11 is 0. The minimum atomic E-state index is 0.753. The maximum absolute atomic E-state index is 4.43. The summed E-state index contributed by atoms with van der Waals surface area (Å²) in [6.07, 6.45) is 9.40. The molecule has 16 heavy (non-hydrogen) atoms. The Balaban J connectivity index is 1.76. The molecule has 1 unspecified atom stereocenters. The molecule has 0 radical (unpaired) electrons. The van der Waals surface area contributed by atoms with Crippen LogP contribution in [0.15, 0.2) is 12.5 Å². The molecule has 1 fully saturated rings. The molecule has 1 aliphatic rings. The van der Waals surface area contributed by atoms with Crippen molar-refractivity contribution in [3.63, 3.8) is 0 Å². The summed E-state index contributed by atoms with van der Waals surface area (Å²) in [6.45, 7) is 6.59. The molecular weight excluding hydrogens is 198 g/mol. The van der Waals surface area contributed by atoms with E-state index in [1.165, 1.54) is 31.4 Å². The van der Waals surface area contributed by atoms with Gasteiger partial charge in [0.05, 0.1) is 12.0 Å². The van der Waals surface area contributed by atoms with Gasteiger partial charge in [0.25, 0.3) is 0 Å². The third kappa shape index (κ3) is 3.63. The SMILES string of the molecule is CCCC(C)Cn1cnc(CNC2CC2)c1. The third-order valence-electron chi connectivity index (χ3n) is 3.14. The van der Waals surface area contributed by atoms with E-state index in [2.05, 4.69) is 34.9 Å². The fraction of sp³-hybridized carbons (Fsp3) is 0.769. The summed E-state index contributed by atoms with van der Waals surface area (Å²) in [5.41, 5.74) is 1.18. The van der Waals surface area contributed by atoms with Gasteiger partial charge in [-0.25, -0.2) is 4.98 Å². The summed E-state index contributed by atoms with van der Waals surface area (Å²) in [5, 5.41) is 3.49. The highest BCUT2D eigenvalue weighted by molar-refractivity contribution is 4.98. The van der Waals surface area contributed by atoms with Crippen LogP contribution in [0, 0.1) is 5.92 Å². The first-order valence-corrected chi connectivity index (χ1v) is 6.52. The molecule has 0 saturated heterocycles. The van der Waals surface area contributed by atoms with Crippen LogP contribution < -0.4 is 5.32 Å². The fourth-order valence-electron chi connectivity index (χ4n) is 2.08. The van der Waals surface area contributed by atoms with Crippen LogP contribution in [0.4, 0.5) is 0 Å². The Morgan fingerprint density at radius 1 is 1.56 bits per heavy atom. The van der Waals surface area contributed by atoms with Crippen molar-refractivity contribution >= 4 is 0 Å². The second kappa shape index (κ2) is 5.48. The quantitative estimate of drug-likeness (QED) is 0.767. The normalized spacial score (nSPS) is 17.6. The van der Waals surface area contributed by atoms with Gasteiger partial charge in [-0.2, -0.15) is 0 Å². The van der Waals surface area contributed by atoms with E-state index >= 15 is 0 Å². The van der Waals surface area contributed by atoms with Crippen LogP contribution in [0.3, 0.4) is 0 Å². The zero-order valence-electron chi connectivity index (χ0n) is 10.4. The molecule has 1 aromatic heterocycles. The summed E-state index contributed by atoms with van der Waals surface area (Å²) < 4.78 is 2.23. The van der Waals surface area contributed by atoms with Gasteiger partial charge < -0.3 is 9.88 Å². The Morgan fingerprint density at radius 3 is 3.06 bits per heavy atom. The summed E-state index contributed by atoms with van der Waals surface area (Å²) in [4.78, 5) is 4.43. The first-order chi connectivity index (χ1) is 7.78. The van der Waals surface area contributed by atoms with Crippen LogP contribution in [0.1, 0.15) is 45.2 Å². The summed E-state index contributed by atoms with van der Waals surface area (Å²) in [5.74, 6) is 0.753. The van der Waals surface area contributed by atoms with Gasteiger partial charge in [0.1, 0.15) is 0 Å². The number of hydrogen-bond acceptors (Lipinski definition) is 2. The number of nitrogens with one attached hydrogen (secondary N) is 1. The monoisotopic (exact) mass is 221 g/mol. The van der Waals surface area contributed by atoms with Crippen molar-refractivity contribution < 1.29 is 0 Å². The Morgan fingerprint density at radius 2 is 2.38 bits per heavy atom. The average Bonchev–Trinajstić information content (AvgIpc) is 2.98. The molecule has 3 nitrogen and oxygen atoms in total. The average molecular weight is 221 g/mol. The molecule has 0 aromatic carbocycles. The van der Waals surface area contributed by atoms with E-state index in [9.17, 15) is 0 Å². The number of nitrogens with zero attached hydrogens (tertiary/aromatic N) is 2. The maximum Gasteiger partial charge on any atom is 0.0950 e.